The first kappa shape index (κ1) is 52.2. The van der Waals surface area contributed by atoms with Crippen LogP contribution in [0.15, 0.2) is 84.9 Å². The van der Waals surface area contributed by atoms with Crippen molar-refractivity contribution in [3.8, 4) is 23.0 Å². The van der Waals surface area contributed by atoms with Crippen LogP contribution in [0.5, 0.6) is 23.0 Å². The Bertz CT molecular complexity index is 3200. The van der Waals surface area contributed by atoms with Crippen molar-refractivity contribution >= 4 is 91.7 Å². The van der Waals surface area contributed by atoms with Crippen molar-refractivity contribution in [2.24, 2.45) is 0 Å². The molecule has 0 fully saturated rings. The van der Waals surface area contributed by atoms with Crippen LogP contribution >= 0.6 is 23.2 Å². The average Bonchev–Trinajstić information content (AvgIpc) is 3.71. The Kier molecular flexibility index (Phi) is 15.3. The summed E-state index contributed by atoms with van der Waals surface area (Å²) >= 11 is 12.7. The van der Waals surface area contributed by atoms with Gasteiger partial charge in [0.1, 0.15) is 23.0 Å². The third-order valence-corrected chi connectivity index (χ3v) is 11.4. The van der Waals surface area contributed by atoms with E-state index in [-0.39, 0.29) is 104 Å². The van der Waals surface area contributed by atoms with Crippen LogP contribution in [-0.4, -0.2) is 86.1 Å². The summed E-state index contributed by atoms with van der Waals surface area (Å²) in [6.45, 7) is 2.11. The van der Waals surface area contributed by atoms with Gasteiger partial charge < -0.3 is 28.8 Å². The first-order valence-electron chi connectivity index (χ1n) is 21.6. The average molecular weight is 1040 g/mol. The van der Waals surface area contributed by atoms with Gasteiger partial charge in [-0.3, -0.25) is 28.8 Å². The molecule has 0 aliphatic carbocycles. The lowest BCUT2D eigenvalue weighted by atomic mass is 9.99. The van der Waals surface area contributed by atoms with Crippen LogP contribution in [0.2, 0.25) is 10.0 Å². The number of carboxylic acids is 1. The van der Waals surface area contributed by atoms with Gasteiger partial charge in [-0.1, -0.05) is 83.9 Å². The van der Waals surface area contributed by atoms with E-state index in [4.69, 9.17) is 52.0 Å². The van der Waals surface area contributed by atoms with Crippen molar-refractivity contribution in [1.82, 2.24) is 0 Å². The summed E-state index contributed by atoms with van der Waals surface area (Å²) in [5.41, 5.74) is -0.409. The molecule has 0 bridgehead atoms. The van der Waals surface area contributed by atoms with Gasteiger partial charge in [0.2, 0.25) is 0 Å². The first-order chi connectivity index (χ1) is 34.1. The molecule has 2 aliphatic heterocycles. The fourth-order valence-electron chi connectivity index (χ4n) is 8.07. The number of benzene rings is 6. The highest BCUT2D eigenvalue weighted by molar-refractivity contribution is 6.43. The van der Waals surface area contributed by atoms with Crippen LogP contribution in [0.25, 0.3) is 21.5 Å². The molecule has 14 nitrogen and oxygen atoms in total. The normalized spacial score (nSPS) is 13.3. The van der Waals surface area contributed by atoms with Crippen molar-refractivity contribution in [2.75, 3.05) is 42.8 Å². The minimum Gasteiger partial charge on any atom is -0.492 e. The van der Waals surface area contributed by atoms with Crippen molar-refractivity contribution in [1.29, 1.82) is 0 Å². The number of rotatable bonds is 15. The lowest BCUT2D eigenvalue weighted by Gasteiger charge is -2.17. The minimum absolute atomic E-state index is 0.00579. The predicted molar refractivity (Wildman–Crippen MR) is 250 cm³/mol. The highest BCUT2D eigenvalue weighted by Gasteiger charge is 2.47. The first-order valence-corrected chi connectivity index (χ1v) is 22.4. The Morgan fingerprint density at radius 1 is 0.514 bits per heavy atom. The standard InChI is InChI=1S/C26H21ClF3NO6.C24H17ClF3NO6/c1-3-35-19(32)12-14-9-10-18(17(27)11-14)31-24(33)20-21(25(31)34)23(37-13-26(28,29)30)16-8-6-5-7-15(16)22(20)36-4-2;1-2-34-20-13-5-3-4-6-14(13)21(35-11-24(26,27)28)19-18(20)22(32)29(23(19)33)16-8-7-12(9-15(16)25)10-17(30)31/h5-11H,3-4,12-13H2,1-2H3;3-9H,2,10-11H2,1H3,(H,30,31). The zero-order chi connectivity index (χ0) is 52.4. The van der Waals surface area contributed by atoms with E-state index in [0.717, 1.165) is 9.80 Å². The minimum atomic E-state index is -4.69. The van der Waals surface area contributed by atoms with E-state index in [1.54, 1.807) is 57.2 Å². The molecule has 4 amide bonds. The topological polar surface area (TPSA) is 175 Å². The van der Waals surface area contributed by atoms with E-state index < -0.39 is 66.9 Å². The molecule has 1 N–H and O–H groups in total. The number of carbonyl (C=O) groups excluding carboxylic acids is 5. The van der Waals surface area contributed by atoms with E-state index in [1.165, 1.54) is 48.5 Å². The maximum Gasteiger partial charge on any atom is 0.422 e. The molecule has 8 rings (SSSR count). The number of nitrogens with zero attached hydrogens (tertiary/aromatic N) is 2. The Morgan fingerprint density at radius 2 is 0.847 bits per heavy atom. The summed E-state index contributed by atoms with van der Waals surface area (Å²) in [5.74, 6) is -5.79. The lowest BCUT2D eigenvalue weighted by molar-refractivity contribution is -0.153. The lowest BCUT2D eigenvalue weighted by Crippen LogP contribution is -2.30. The maximum atomic E-state index is 13.6. The monoisotopic (exact) mass is 1040 g/mol. The molecule has 6 aromatic carbocycles. The summed E-state index contributed by atoms with van der Waals surface area (Å²) < 4.78 is 105. The van der Waals surface area contributed by atoms with E-state index in [2.05, 4.69) is 0 Å². The van der Waals surface area contributed by atoms with E-state index in [1.807, 2.05) is 0 Å². The van der Waals surface area contributed by atoms with Gasteiger partial charge in [-0.05, 0) is 56.2 Å². The number of hydrogen-bond acceptors (Lipinski definition) is 11. The third-order valence-electron chi connectivity index (χ3n) is 10.8. The number of halogens is 8. The fraction of sp³-hybridized carbons (Fsp3) is 0.240. The number of imide groups is 2. The van der Waals surface area contributed by atoms with Gasteiger partial charge >= 0.3 is 24.3 Å². The van der Waals surface area contributed by atoms with Gasteiger partial charge in [-0.15, -0.1) is 0 Å². The Labute approximate surface area is 414 Å². The van der Waals surface area contributed by atoms with Crippen LogP contribution in [0.3, 0.4) is 0 Å². The number of alkyl halides is 6. The van der Waals surface area contributed by atoms with E-state index in [9.17, 15) is 55.1 Å². The molecule has 0 saturated heterocycles. The molecule has 0 aromatic heterocycles. The molecular formula is C50H38Cl2F6N2O12. The van der Waals surface area contributed by atoms with Gasteiger partial charge in [0.15, 0.2) is 13.2 Å². The number of amides is 4. The molecule has 2 heterocycles. The Balaban J connectivity index is 0.000000212. The summed E-state index contributed by atoms with van der Waals surface area (Å²) in [7, 11) is 0. The number of aliphatic carboxylic acids is 1. The summed E-state index contributed by atoms with van der Waals surface area (Å²) in [6, 6.07) is 20.7. The highest BCUT2D eigenvalue weighted by Crippen LogP contribution is 2.49. The SMILES string of the molecule is CCOC(=O)Cc1ccc(N2C(=O)c3c(c(OCC(F)(F)F)c4ccccc4c3OCC)C2=O)c(Cl)c1.CCOc1c2c(c(OCC(F)(F)F)c3ccccc13)C(=O)N(c1ccc(CC(=O)O)cc1Cl)C2=O. The number of esters is 1. The number of hydrogen-bond donors (Lipinski definition) is 1. The highest BCUT2D eigenvalue weighted by atomic mass is 35.5. The molecule has 0 radical (unpaired) electrons. The molecule has 376 valence electrons. The number of carbonyl (C=O) groups is 6. The zero-order valence-corrected chi connectivity index (χ0v) is 39.4. The van der Waals surface area contributed by atoms with Crippen LogP contribution in [-0.2, 0) is 27.2 Å². The molecule has 22 heteroatoms. The number of ether oxygens (including phenoxy) is 5. The van der Waals surface area contributed by atoms with Crippen molar-refractivity contribution < 1.29 is 83.9 Å². The molecular weight excluding hydrogens is 1010 g/mol. The van der Waals surface area contributed by atoms with Crippen LogP contribution in [0.1, 0.15) is 73.3 Å². The molecule has 6 aromatic rings. The van der Waals surface area contributed by atoms with E-state index >= 15 is 0 Å². The fourth-order valence-corrected chi connectivity index (χ4v) is 8.64. The zero-order valence-electron chi connectivity index (χ0n) is 37.9. The Morgan fingerprint density at radius 3 is 1.14 bits per heavy atom. The second-order valence-electron chi connectivity index (χ2n) is 15.6. The van der Waals surface area contributed by atoms with Crippen molar-refractivity contribution in [3.05, 3.63) is 128 Å². The number of fused-ring (bicyclic) bond motifs is 4. The summed E-state index contributed by atoms with van der Waals surface area (Å²) in [4.78, 5) is 78.5. The van der Waals surface area contributed by atoms with Crippen molar-refractivity contribution in [3.63, 3.8) is 0 Å². The quantitative estimate of drug-likeness (QED) is 0.0586. The summed E-state index contributed by atoms with van der Waals surface area (Å²) in [6.07, 6.45) is -9.79. The molecule has 0 atom stereocenters. The van der Waals surface area contributed by atoms with Gasteiger partial charge in [-0.2, -0.15) is 26.3 Å². The second kappa shape index (κ2) is 21.0. The molecule has 0 saturated carbocycles. The largest absolute Gasteiger partial charge is 0.492 e. The Hall–Kier alpha value is -7.58. The number of anilines is 2. The van der Waals surface area contributed by atoms with Crippen LogP contribution in [0.4, 0.5) is 37.7 Å². The maximum absolute atomic E-state index is 13.6. The molecule has 2 aliphatic rings. The number of carboxylic acid groups (broad SMARTS) is 1. The van der Waals surface area contributed by atoms with Crippen molar-refractivity contribution in [2.45, 2.75) is 46.0 Å². The van der Waals surface area contributed by atoms with Crippen LogP contribution < -0.4 is 28.7 Å². The van der Waals surface area contributed by atoms with Gasteiger partial charge in [0, 0.05) is 21.5 Å². The van der Waals surface area contributed by atoms with Gasteiger partial charge in [0.05, 0.1) is 76.3 Å². The third kappa shape index (κ3) is 10.5. The van der Waals surface area contributed by atoms with Gasteiger partial charge in [0.25, 0.3) is 23.6 Å². The van der Waals surface area contributed by atoms with Crippen LogP contribution in [0, 0.1) is 0 Å². The van der Waals surface area contributed by atoms with E-state index in [0.29, 0.717) is 21.9 Å². The molecule has 0 unspecified atom stereocenters. The summed E-state index contributed by atoms with van der Waals surface area (Å²) in [5, 5.41) is 9.86. The molecule has 0 spiro atoms. The predicted octanol–water partition coefficient (Wildman–Crippen LogP) is 11.0. The second-order valence-corrected chi connectivity index (χ2v) is 16.4. The molecule has 72 heavy (non-hydrogen) atoms. The van der Waals surface area contributed by atoms with Gasteiger partial charge in [-0.25, -0.2) is 9.80 Å². The smallest absolute Gasteiger partial charge is 0.422 e.